The van der Waals surface area contributed by atoms with E-state index in [-0.39, 0.29) is 12.5 Å². The first kappa shape index (κ1) is 14.9. The smallest absolute Gasteiger partial charge is 0.0716 e. The highest BCUT2D eigenvalue weighted by atomic mass is 16.5. The first-order valence-electron chi connectivity index (χ1n) is 6.29. The third kappa shape index (κ3) is 5.45. The summed E-state index contributed by atoms with van der Waals surface area (Å²) in [7, 11) is 0. The first-order chi connectivity index (χ1) is 8.77. The van der Waals surface area contributed by atoms with E-state index in [1.807, 2.05) is 30.3 Å². The van der Waals surface area contributed by atoms with E-state index in [0.717, 1.165) is 5.56 Å². The van der Waals surface area contributed by atoms with E-state index >= 15 is 0 Å². The zero-order valence-corrected chi connectivity index (χ0v) is 10.7. The fourth-order valence-corrected chi connectivity index (χ4v) is 1.77. The molecule has 0 fully saturated rings. The van der Waals surface area contributed by atoms with Crippen LogP contribution in [0.25, 0.3) is 0 Å². The zero-order chi connectivity index (χ0) is 13.2. The van der Waals surface area contributed by atoms with E-state index in [1.54, 1.807) is 6.08 Å². The first-order valence-corrected chi connectivity index (χ1v) is 6.29. The van der Waals surface area contributed by atoms with Gasteiger partial charge in [-0.3, -0.25) is 0 Å². The topological polar surface area (TPSA) is 49.7 Å². The van der Waals surface area contributed by atoms with Gasteiger partial charge in [-0.15, -0.1) is 6.58 Å². The van der Waals surface area contributed by atoms with Gasteiger partial charge in [0, 0.05) is 19.1 Å². The maximum absolute atomic E-state index is 9.85. The molecular weight excluding hydrogens is 228 g/mol. The SMILES string of the molecule is C=CC[C@H](CO)[C@@H](O)CCOCc1ccccc1. The molecule has 0 aliphatic carbocycles. The fourth-order valence-electron chi connectivity index (χ4n) is 1.77. The van der Waals surface area contributed by atoms with Crippen LogP contribution in [-0.2, 0) is 11.3 Å². The molecule has 0 spiro atoms. The van der Waals surface area contributed by atoms with E-state index in [1.165, 1.54) is 0 Å². The molecule has 18 heavy (non-hydrogen) atoms. The van der Waals surface area contributed by atoms with Gasteiger partial charge in [0.1, 0.15) is 0 Å². The molecule has 3 nitrogen and oxygen atoms in total. The molecule has 1 rings (SSSR count). The number of aliphatic hydroxyl groups is 2. The van der Waals surface area contributed by atoms with Crippen LogP contribution in [0.4, 0.5) is 0 Å². The van der Waals surface area contributed by atoms with Gasteiger partial charge in [-0.2, -0.15) is 0 Å². The number of hydrogen-bond acceptors (Lipinski definition) is 3. The van der Waals surface area contributed by atoms with Gasteiger partial charge in [0.25, 0.3) is 0 Å². The average molecular weight is 250 g/mol. The van der Waals surface area contributed by atoms with Gasteiger partial charge in [-0.05, 0) is 18.4 Å². The lowest BCUT2D eigenvalue weighted by molar-refractivity contribution is 0.0273. The Morgan fingerprint density at radius 1 is 1.28 bits per heavy atom. The molecule has 0 unspecified atom stereocenters. The monoisotopic (exact) mass is 250 g/mol. The van der Waals surface area contributed by atoms with Gasteiger partial charge in [0.15, 0.2) is 0 Å². The molecule has 0 saturated carbocycles. The van der Waals surface area contributed by atoms with E-state index < -0.39 is 6.10 Å². The van der Waals surface area contributed by atoms with Crippen molar-refractivity contribution in [2.24, 2.45) is 5.92 Å². The number of hydrogen-bond donors (Lipinski definition) is 2. The standard InChI is InChI=1S/C15H22O3/c1-2-6-14(11-16)15(17)9-10-18-12-13-7-4-3-5-8-13/h2-5,7-8,14-17H,1,6,9-12H2/t14-,15+/m1/s1. The highest BCUT2D eigenvalue weighted by molar-refractivity contribution is 5.13. The molecule has 0 bridgehead atoms. The summed E-state index contributed by atoms with van der Waals surface area (Å²) in [5.74, 6) is -0.136. The Morgan fingerprint density at radius 3 is 2.61 bits per heavy atom. The van der Waals surface area contributed by atoms with Gasteiger partial charge < -0.3 is 14.9 Å². The predicted octanol–water partition coefficient (Wildman–Crippen LogP) is 2.14. The van der Waals surface area contributed by atoms with Crippen LogP contribution in [-0.4, -0.2) is 29.5 Å². The molecule has 1 aromatic rings. The summed E-state index contributed by atoms with van der Waals surface area (Å²) in [5.41, 5.74) is 1.12. The summed E-state index contributed by atoms with van der Waals surface area (Å²) in [6.45, 7) is 4.64. The Bertz CT molecular complexity index is 324. The highest BCUT2D eigenvalue weighted by Crippen LogP contribution is 2.12. The Balaban J connectivity index is 2.19. The minimum atomic E-state index is -0.538. The van der Waals surface area contributed by atoms with Crippen molar-refractivity contribution in [2.75, 3.05) is 13.2 Å². The van der Waals surface area contributed by atoms with Crippen molar-refractivity contribution in [1.82, 2.24) is 0 Å². The van der Waals surface area contributed by atoms with Crippen LogP contribution in [0.3, 0.4) is 0 Å². The largest absolute Gasteiger partial charge is 0.396 e. The van der Waals surface area contributed by atoms with Crippen molar-refractivity contribution in [3.8, 4) is 0 Å². The fraction of sp³-hybridized carbons (Fsp3) is 0.467. The lowest BCUT2D eigenvalue weighted by Crippen LogP contribution is -2.24. The van der Waals surface area contributed by atoms with Crippen LogP contribution in [0.1, 0.15) is 18.4 Å². The molecule has 1 aromatic carbocycles. The highest BCUT2D eigenvalue weighted by Gasteiger charge is 2.16. The minimum Gasteiger partial charge on any atom is -0.396 e. The van der Waals surface area contributed by atoms with Gasteiger partial charge in [0.2, 0.25) is 0 Å². The second-order valence-corrected chi connectivity index (χ2v) is 4.36. The van der Waals surface area contributed by atoms with Gasteiger partial charge >= 0.3 is 0 Å². The average Bonchev–Trinajstić information content (AvgIpc) is 2.42. The maximum atomic E-state index is 9.85. The Morgan fingerprint density at radius 2 is 2.00 bits per heavy atom. The lowest BCUT2D eigenvalue weighted by atomic mass is 9.97. The quantitative estimate of drug-likeness (QED) is 0.521. The number of rotatable bonds is 9. The van der Waals surface area contributed by atoms with Crippen molar-refractivity contribution in [3.05, 3.63) is 48.6 Å². The lowest BCUT2D eigenvalue weighted by Gasteiger charge is -2.19. The molecule has 0 aliphatic heterocycles. The second kappa shape index (κ2) is 8.86. The maximum Gasteiger partial charge on any atom is 0.0716 e. The second-order valence-electron chi connectivity index (χ2n) is 4.36. The van der Waals surface area contributed by atoms with Crippen LogP contribution in [0.5, 0.6) is 0 Å². The van der Waals surface area contributed by atoms with Crippen molar-refractivity contribution in [2.45, 2.75) is 25.6 Å². The molecule has 3 heteroatoms. The number of aliphatic hydroxyl groups excluding tert-OH is 2. The summed E-state index contributed by atoms with van der Waals surface area (Å²) < 4.78 is 5.50. The Hall–Kier alpha value is -1.16. The third-order valence-electron chi connectivity index (χ3n) is 2.92. The molecule has 0 aliphatic rings. The predicted molar refractivity (Wildman–Crippen MR) is 72.1 cm³/mol. The van der Waals surface area contributed by atoms with Gasteiger partial charge in [0.05, 0.1) is 12.7 Å². The van der Waals surface area contributed by atoms with Gasteiger partial charge in [-0.1, -0.05) is 36.4 Å². The van der Waals surface area contributed by atoms with E-state index in [9.17, 15) is 5.11 Å². The van der Waals surface area contributed by atoms with E-state index in [2.05, 4.69) is 6.58 Å². The Kier molecular flexibility index (Phi) is 7.34. The molecule has 2 atom stereocenters. The summed E-state index contributed by atoms with van der Waals surface area (Å²) in [6.07, 6.45) is 2.33. The number of allylic oxidation sites excluding steroid dienone is 1. The third-order valence-corrected chi connectivity index (χ3v) is 2.92. The Labute approximate surface area is 109 Å². The number of ether oxygens (including phenoxy) is 1. The summed E-state index contributed by atoms with van der Waals surface area (Å²) in [5, 5.41) is 19.0. The molecular formula is C15H22O3. The van der Waals surface area contributed by atoms with Crippen LogP contribution in [0.15, 0.2) is 43.0 Å². The summed E-state index contributed by atoms with van der Waals surface area (Å²) in [6, 6.07) is 9.92. The molecule has 0 aromatic heterocycles. The molecule has 100 valence electrons. The van der Waals surface area contributed by atoms with E-state index in [4.69, 9.17) is 9.84 Å². The summed E-state index contributed by atoms with van der Waals surface area (Å²) >= 11 is 0. The molecule has 0 radical (unpaired) electrons. The van der Waals surface area contributed by atoms with Crippen molar-refractivity contribution in [1.29, 1.82) is 0 Å². The van der Waals surface area contributed by atoms with E-state index in [0.29, 0.717) is 26.1 Å². The summed E-state index contributed by atoms with van der Waals surface area (Å²) in [4.78, 5) is 0. The van der Waals surface area contributed by atoms with Crippen molar-refractivity contribution >= 4 is 0 Å². The van der Waals surface area contributed by atoms with Crippen LogP contribution in [0.2, 0.25) is 0 Å². The van der Waals surface area contributed by atoms with Crippen LogP contribution < -0.4 is 0 Å². The minimum absolute atomic E-state index is 0.0220. The van der Waals surface area contributed by atoms with Crippen LogP contribution >= 0.6 is 0 Å². The normalized spacial score (nSPS) is 14.1. The van der Waals surface area contributed by atoms with Crippen LogP contribution in [0, 0.1) is 5.92 Å². The van der Waals surface area contributed by atoms with Crippen molar-refractivity contribution in [3.63, 3.8) is 0 Å². The molecule has 2 N–H and O–H groups in total. The van der Waals surface area contributed by atoms with Gasteiger partial charge in [-0.25, -0.2) is 0 Å². The molecule has 0 saturated heterocycles. The van der Waals surface area contributed by atoms with Crippen molar-refractivity contribution < 1.29 is 14.9 Å². The molecule has 0 heterocycles. The number of benzene rings is 1. The molecule has 0 amide bonds. The zero-order valence-electron chi connectivity index (χ0n) is 10.7.